The molecule has 0 aliphatic rings. The van der Waals surface area contributed by atoms with Crippen LogP contribution in [0, 0.1) is 0 Å². The van der Waals surface area contributed by atoms with E-state index >= 15 is 0 Å². The number of ether oxygens (including phenoxy) is 2. The largest absolute Gasteiger partial charge is 0.469 e. The van der Waals surface area contributed by atoms with Crippen molar-refractivity contribution < 1.29 is 37.9 Å². The van der Waals surface area contributed by atoms with Crippen LogP contribution in [0.4, 0.5) is 0 Å². The summed E-state index contributed by atoms with van der Waals surface area (Å²) in [4.78, 5) is 42.5. The number of unbranched alkanes of at least 4 members (excludes halogenated alkanes) is 21. The van der Waals surface area contributed by atoms with E-state index in [-0.39, 0.29) is 19.4 Å². The van der Waals surface area contributed by atoms with Gasteiger partial charge in [-0.15, -0.1) is 0 Å². The highest BCUT2D eigenvalue weighted by Crippen LogP contribution is 2.36. The number of carbonyl (C=O) groups excluding carboxylic acids is 2. The van der Waals surface area contributed by atoms with Gasteiger partial charge < -0.3 is 19.3 Å². The molecule has 260 valence electrons. The van der Waals surface area contributed by atoms with E-state index in [1.165, 1.54) is 89.9 Å². The molecule has 0 amide bonds. The zero-order valence-electron chi connectivity index (χ0n) is 28.3. The fraction of sp³-hybridized carbons (Fsp3) is 0.886. The Morgan fingerprint density at radius 1 is 0.568 bits per heavy atom. The summed E-state index contributed by atoms with van der Waals surface area (Å²) >= 11 is 0. The lowest BCUT2D eigenvalue weighted by molar-refractivity contribution is -0.161. The molecule has 0 saturated heterocycles. The molecule has 0 fully saturated rings. The standard InChI is InChI=1S/C35H67O8P/c1-3-5-7-9-11-13-15-16-17-18-20-21-23-25-27-29-34(36)41-31-33(32-42-44(38,39)40)43-35(37)30-28-26-24-22-19-14-12-10-8-6-4-2/h16-17,33H,3-15,18-32H2,1-2H3,(H2,38,39,40)/b17-16+. The van der Waals surface area contributed by atoms with Gasteiger partial charge in [-0.05, 0) is 38.5 Å². The van der Waals surface area contributed by atoms with E-state index in [4.69, 9.17) is 19.3 Å². The molecule has 44 heavy (non-hydrogen) atoms. The summed E-state index contributed by atoms with van der Waals surface area (Å²) in [6.45, 7) is 3.65. The van der Waals surface area contributed by atoms with Crippen molar-refractivity contribution in [2.45, 2.75) is 187 Å². The maximum atomic E-state index is 12.3. The second-order valence-electron chi connectivity index (χ2n) is 12.2. The topological polar surface area (TPSA) is 119 Å². The van der Waals surface area contributed by atoms with Crippen LogP contribution in [-0.2, 0) is 28.2 Å². The van der Waals surface area contributed by atoms with Crippen molar-refractivity contribution in [2.24, 2.45) is 0 Å². The fourth-order valence-corrected chi connectivity index (χ4v) is 5.43. The molecule has 0 bridgehead atoms. The van der Waals surface area contributed by atoms with Gasteiger partial charge in [-0.1, -0.05) is 142 Å². The van der Waals surface area contributed by atoms with E-state index in [1.807, 2.05) is 0 Å². The highest BCUT2D eigenvalue weighted by Gasteiger charge is 2.22. The van der Waals surface area contributed by atoms with Crippen LogP contribution in [0.2, 0.25) is 0 Å². The summed E-state index contributed by atoms with van der Waals surface area (Å²) in [6, 6.07) is 0. The number of allylic oxidation sites excluding steroid dienone is 2. The van der Waals surface area contributed by atoms with Crippen molar-refractivity contribution in [1.29, 1.82) is 0 Å². The molecule has 0 saturated carbocycles. The molecule has 1 atom stereocenters. The van der Waals surface area contributed by atoms with Crippen molar-refractivity contribution in [3.63, 3.8) is 0 Å². The van der Waals surface area contributed by atoms with E-state index in [9.17, 15) is 14.2 Å². The maximum Gasteiger partial charge on any atom is 0.469 e. The second-order valence-corrected chi connectivity index (χ2v) is 13.4. The number of hydrogen-bond donors (Lipinski definition) is 2. The first kappa shape index (κ1) is 42.8. The summed E-state index contributed by atoms with van der Waals surface area (Å²) in [5.41, 5.74) is 0. The molecule has 0 aromatic rings. The van der Waals surface area contributed by atoms with Gasteiger partial charge in [-0.3, -0.25) is 14.1 Å². The summed E-state index contributed by atoms with van der Waals surface area (Å²) < 4.78 is 26.2. The first-order valence-electron chi connectivity index (χ1n) is 18.0. The normalized spacial score (nSPS) is 12.5. The first-order valence-corrected chi connectivity index (χ1v) is 19.5. The van der Waals surface area contributed by atoms with Crippen LogP contribution in [0.1, 0.15) is 181 Å². The van der Waals surface area contributed by atoms with E-state index in [2.05, 4.69) is 30.5 Å². The van der Waals surface area contributed by atoms with Gasteiger partial charge in [-0.2, -0.15) is 0 Å². The molecule has 0 spiro atoms. The van der Waals surface area contributed by atoms with Crippen LogP contribution in [0.3, 0.4) is 0 Å². The minimum absolute atomic E-state index is 0.215. The van der Waals surface area contributed by atoms with E-state index < -0.39 is 32.5 Å². The minimum atomic E-state index is -4.74. The molecule has 8 nitrogen and oxygen atoms in total. The highest BCUT2D eigenvalue weighted by atomic mass is 31.2. The van der Waals surface area contributed by atoms with Gasteiger partial charge >= 0.3 is 19.8 Å². The number of hydrogen-bond acceptors (Lipinski definition) is 6. The molecule has 0 heterocycles. The number of phosphoric ester groups is 1. The molecular formula is C35H67O8P. The monoisotopic (exact) mass is 646 g/mol. The Morgan fingerprint density at radius 3 is 1.39 bits per heavy atom. The summed E-state index contributed by atoms with van der Waals surface area (Å²) in [5, 5.41) is 0. The van der Waals surface area contributed by atoms with Crippen molar-refractivity contribution in [3.8, 4) is 0 Å². The number of rotatable bonds is 33. The van der Waals surface area contributed by atoms with Gasteiger partial charge in [0.15, 0.2) is 6.10 Å². The number of esters is 2. The third-order valence-electron chi connectivity index (χ3n) is 7.78. The molecule has 2 N–H and O–H groups in total. The van der Waals surface area contributed by atoms with Crippen molar-refractivity contribution in [2.75, 3.05) is 13.2 Å². The van der Waals surface area contributed by atoms with Gasteiger partial charge in [0.25, 0.3) is 0 Å². The van der Waals surface area contributed by atoms with Gasteiger partial charge in [-0.25, -0.2) is 4.57 Å². The van der Waals surface area contributed by atoms with Gasteiger partial charge in [0.1, 0.15) is 6.61 Å². The molecule has 0 radical (unpaired) electrons. The van der Waals surface area contributed by atoms with Crippen LogP contribution >= 0.6 is 7.82 Å². The van der Waals surface area contributed by atoms with E-state index in [0.29, 0.717) is 6.42 Å². The lowest BCUT2D eigenvalue weighted by Crippen LogP contribution is -2.29. The van der Waals surface area contributed by atoms with Crippen molar-refractivity contribution >= 4 is 19.8 Å². The number of phosphoric acid groups is 1. The molecular weight excluding hydrogens is 579 g/mol. The van der Waals surface area contributed by atoms with E-state index in [1.54, 1.807) is 0 Å². The van der Waals surface area contributed by atoms with E-state index in [0.717, 1.165) is 57.8 Å². The average Bonchev–Trinajstić information content (AvgIpc) is 2.98. The van der Waals surface area contributed by atoms with Crippen molar-refractivity contribution in [3.05, 3.63) is 12.2 Å². The van der Waals surface area contributed by atoms with Crippen LogP contribution in [-0.4, -0.2) is 41.0 Å². The van der Waals surface area contributed by atoms with Gasteiger partial charge in [0, 0.05) is 12.8 Å². The quantitative estimate of drug-likeness (QED) is 0.0313. The zero-order valence-corrected chi connectivity index (χ0v) is 29.2. The summed E-state index contributed by atoms with van der Waals surface area (Å²) in [6.07, 6.45) is 32.2. The first-order chi connectivity index (χ1) is 21.3. The second kappa shape index (κ2) is 31.8. The van der Waals surface area contributed by atoms with Crippen LogP contribution in [0.25, 0.3) is 0 Å². The fourth-order valence-electron chi connectivity index (χ4n) is 5.07. The molecule has 0 aromatic carbocycles. The van der Waals surface area contributed by atoms with Gasteiger partial charge in [0.2, 0.25) is 0 Å². The van der Waals surface area contributed by atoms with Crippen LogP contribution in [0.15, 0.2) is 12.2 Å². The molecule has 0 rings (SSSR count). The summed E-state index contributed by atoms with van der Waals surface area (Å²) in [7, 11) is -4.74. The average molecular weight is 647 g/mol. The third-order valence-corrected chi connectivity index (χ3v) is 8.27. The Kier molecular flexibility index (Phi) is 30.9. The smallest absolute Gasteiger partial charge is 0.462 e. The SMILES string of the molecule is CCCCCCCC/C=C/CCCCCCCC(=O)OCC(COP(=O)(O)O)OC(=O)CCCCCCCCCCCCC. The molecule has 1 unspecified atom stereocenters. The molecule has 0 aromatic heterocycles. The number of carbonyl (C=O) groups is 2. The van der Waals surface area contributed by atoms with Gasteiger partial charge in [0.05, 0.1) is 6.61 Å². The van der Waals surface area contributed by atoms with Crippen LogP contribution in [0.5, 0.6) is 0 Å². The Bertz CT molecular complexity index is 736. The Balaban J connectivity index is 3.97. The highest BCUT2D eigenvalue weighted by molar-refractivity contribution is 7.46. The predicted octanol–water partition coefficient (Wildman–Crippen LogP) is 10.3. The summed E-state index contributed by atoms with van der Waals surface area (Å²) in [5.74, 6) is -0.890. The Hall–Kier alpha value is -1.21. The molecule has 0 aliphatic heterocycles. The third kappa shape index (κ3) is 33.7. The molecule has 9 heteroatoms. The Labute approximate surface area is 269 Å². The predicted molar refractivity (Wildman–Crippen MR) is 179 cm³/mol. The molecule has 0 aliphatic carbocycles. The Morgan fingerprint density at radius 2 is 0.955 bits per heavy atom. The van der Waals surface area contributed by atoms with Crippen LogP contribution < -0.4 is 0 Å². The zero-order chi connectivity index (χ0) is 32.6. The van der Waals surface area contributed by atoms with Crippen molar-refractivity contribution in [1.82, 2.24) is 0 Å². The lowest BCUT2D eigenvalue weighted by Gasteiger charge is -2.18. The minimum Gasteiger partial charge on any atom is -0.462 e. The maximum absolute atomic E-state index is 12.3. The lowest BCUT2D eigenvalue weighted by atomic mass is 10.1.